The largest absolute Gasteiger partial charge is 0.497 e. The van der Waals surface area contributed by atoms with Crippen LogP contribution in [0.3, 0.4) is 0 Å². The SMILES string of the molecule is COc1cc(OC)cc(C(=O)N2CCC(C(=O)Nc3c(F)cccc3F)CC2)c1. The monoisotopic (exact) mass is 404 g/mol. The Bertz CT molecular complexity index is 869. The first kappa shape index (κ1) is 20.6. The maximum Gasteiger partial charge on any atom is 0.254 e. The fourth-order valence-electron chi connectivity index (χ4n) is 3.30. The molecule has 1 N–H and O–H groups in total. The van der Waals surface area contributed by atoms with Gasteiger partial charge in [0.25, 0.3) is 5.91 Å². The third kappa shape index (κ3) is 4.64. The van der Waals surface area contributed by atoms with Crippen molar-refractivity contribution in [3.8, 4) is 11.5 Å². The van der Waals surface area contributed by atoms with Crippen molar-refractivity contribution in [2.45, 2.75) is 12.8 Å². The predicted molar refractivity (Wildman–Crippen MR) is 103 cm³/mol. The number of amides is 2. The van der Waals surface area contributed by atoms with Gasteiger partial charge in [-0.05, 0) is 37.1 Å². The molecule has 2 aromatic rings. The average Bonchev–Trinajstić information content (AvgIpc) is 2.75. The molecule has 0 radical (unpaired) electrons. The van der Waals surface area contributed by atoms with E-state index >= 15 is 0 Å². The lowest BCUT2D eigenvalue weighted by molar-refractivity contribution is -0.121. The normalized spacial score (nSPS) is 14.4. The second-order valence-electron chi connectivity index (χ2n) is 6.75. The molecule has 0 spiro atoms. The zero-order chi connectivity index (χ0) is 21.0. The van der Waals surface area contributed by atoms with E-state index in [1.54, 1.807) is 23.1 Å². The minimum absolute atomic E-state index is 0.193. The number of carbonyl (C=O) groups excluding carboxylic acids is 2. The molecule has 2 aromatic carbocycles. The maximum atomic E-state index is 13.7. The number of benzene rings is 2. The molecule has 0 unspecified atom stereocenters. The molecule has 0 saturated carbocycles. The standard InChI is InChI=1S/C21H22F2N2O4/c1-28-15-10-14(11-16(12-15)29-2)21(27)25-8-6-13(7-9-25)20(26)24-19-17(22)4-3-5-18(19)23/h3-5,10-13H,6-9H2,1-2H3,(H,24,26). The number of nitrogens with zero attached hydrogens (tertiary/aromatic N) is 1. The number of nitrogens with one attached hydrogen (secondary N) is 1. The Morgan fingerprint density at radius 3 is 2.07 bits per heavy atom. The Balaban J connectivity index is 1.63. The average molecular weight is 404 g/mol. The van der Waals surface area contributed by atoms with Crippen molar-refractivity contribution in [2.24, 2.45) is 5.92 Å². The third-order valence-electron chi connectivity index (χ3n) is 4.96. The number of hydrogen-bond acceptors (Lipinski definition) is 4. The first-order valence-electron chi connectivity index (χ1n) is 9.20. The van der Waals surface area contributed by atoms with Gasteiger partial charge >= 0.3 is 0 Å². The lowest BCUT2D eigenvalue weighted by Crippen LogP contribution is -2.41. The summed E-state index contributed by atoms with van der Waals surface area (Å²) in [6.45, 7) is 0.715. The van der Waals surface area contributed by atoms with E-state index < -0.39 is 29.1 Å². The summed E-state index contributed by atoms with van der Waals surface area (Å²) in [5, 5.41) is 2.33. The first-order valence-corrected chi connectivity index (χ1v) is 9.20. The lowest BCUT2D eigenvalue weighted by Gasteiger charge is -2.31. The molecule has 0 bridgehead atoms. The number of likely N-dealkylation sites (tertiary alicyclic amines) is 1. The molecule has 2 amide bonds. The van der Waals surface area contributed by atoms with Crippen molar-refractivity contribution < 1.29 is 27.8 Å². The van der Waals surface area contributed by atoms with Crippen LogP contribution >= 0.6 is 0 Å². The van der Waals surface area contributed by atoms with Gasteiger partial charge in [0.2, 0.25) is 5.91 Å². The smallest absolute Gasteiger partial charge is 0.254 e. The topological polar surface area (TPSA) is 67.9 Å². The van der Waals surface area contributed by atoms with Gasteiger partial charge in [0, 0.05) is 30.6 Å². The van der Waals surface area contributed by atoms with E-state index in [2.05, 4.69) is 5.32 Å². The summed E-state index contributed by atoms with van der Waals surface area (Å²) in [5.41, 5.74) is -0.0167. The molecule has 29 heavy (non-hydrogen) atoms. The van der Waals surface area contributed by atoms with Crippen LogP contribution in [0.5, 0.6) is 11.5 Å². The van der Waals surface area contributed by atoms with Crippen LogP contribution in [0.2, 0.25) is 0 Å². The summed E-state index contributed by atoms with van der Waals surface area (Å²) >= 11 is 0. The molecule has 1 aliphatic rings. The zero-order valence-corrected chi connectivity index (χ0v) is 16.2. The number of hydrogen-bond donors (Lipinski definition) is 1. The molecule has 1 saturated heterocycles. The quantitative estimate of drug-likeness (QED) is 0.829. The van der Waals surface area contributed by atoms with Crippen molar-refractivity contribution in [3.63, 3.8) is 0 Å². The number of halogens is 2. The summed E-state index contributed by atoms with van der Waals surface area (Å²) in [4.78, 5) is 26.9. The lowest BCUT2D eigenvalue weighted by atomic mass is 9.95. The molecule has 1 fully saturated rings. The zero-order valence-electron chi connectivity index (χ0n) is 16.2. The molecular formula is C21H22F2N2O4. The summed E-state index contributed by atoms with van der Waals surface area (Å²) in [7, 11) is 3.01. The van der Waals surface area contributed by atoms with Gasteiger partial charge in [-0.15, -0.1) is 0 Å². The molecule has 0 aliphatic carbocycles. The molecule has 0 atom stereocenters. The second-order valence-corrected chi connectivity index (χ2v) is 6.75. The summed E-state index contributed by atoms with van der Waals surface area (Å²) in [6.07, 6.45) is 0.795. The van der Waals surface area contributed by atoms with Crippen LogP contribution in [0.25, 0.3) is 0 Å². The van der Waals surface area contributed by atoms with Crippen molar-refractivity contribution in [2.75, 3.05) is 32.6 Å². The Kier molecular flexibility index (Phi) is 6.31. The van der Waals surface area contributed by atoms with Crippen LogP contribution < -0.4 is 14.8 Å². The number of ether oxygens (including phenoxy) is 2. The number of methoxy groups -OCH3 is 2. The maximum absolute atomic E-state index is 13.7. The van der Waals surface area contributed by atoms with Crippen LogP contribution in [-0.2, 0) is 4.79 Å². The van der Waals surface area contributed by atoms with Gasteiger partial charge in [-0.2, -0.15) is 0 Å². The fourth-order valence-corrected chi connectivity index (χ4v) is 3.30. The third-order valence-corrected chi connectivity index (χ3v) is 4.96. The Morgan fingerprint density at radius 2 is 1.55 bits per heavy atom. The molecule has 0 aromatic heterocycles. The molecule has 8 heteroatoms. The van der Waals surface area contributed by atoms with Crippen LogP contribution in [0.15, 0.2) is 36.4 Å². The van der Waals surface area contributed by atoms with Gasteiger partial charge in [0.05, 0.1) is 14.2 Å². The van der Waals surface area contributed by atoms with Crippen molar-refractivity contribution in [1.82, 2.24) is 4.90 Å². The highest BCUT2D eigenvalue weighted by atomic mass is 19.1. The first-order chi connectivity index (χ1) is 13.9. The van der Waals surface area contributed by atoms with E-state index in [1.807, 2.05) is 0 Å². The van der Waals surface area contributed by atoms with E-state index in [-0.39, 0.29) is 5.91 Å². The highest BCUT2D eigenvalue weighted by Gasteiger charge is 2.29. The highest BCUT2D eigenvalue weighted by Crippen LogP contribution is 2.26. The van der Waals surface area contributed by atoms with Crippen LogP contribution in [0.4, 0.5) is 14.5 Å². The molecule has 1 aliphatic heterocycles. The molecule has 6 nitrogen and oxygen atoms in total. The van der Waals surface area contributed by atoms with E-state index in [4.69, 9.17) is 9.47 Å². The number of para-hydroxylation sites is 1. The van der Waals surface area contributed by atoms with E-state index in [9.17, 15) is 18.4 Å². The van der Waals surface area contributed by atoms with Crippen LogP contribution in [0.1, 0.15) is 23.2 Å². The predicted octanol–water partition coefficient (Wildman–Crippen LogP) is 3.47. The Hall–Kier alpha value is -3.16. The van der Waals surface area contributed by atoms with Gasteiger partial charge in [0.15, 0.2) is 0 Å². The van der Waals surface area contributed by atoms with E-state index in [0.29, 0.717) is 43.0 Å². The summed E-state index contributed by atoms with van der Waals surface area (Å²) in [5.74, 6) is -1.71. The minimum Gasteiger partial charge on any atom is -0.497 e. The number of carbonyl (C=O) groups is 2. The van der Waals surface area contributed by atoms with Gasteiger partial charge < -0.3 is 19.7 Å². The molecule has 3 rings (SSSR count). The van der Waals surface area contributed by atoms with Crippen LogP contribution in [0, 0.1) is 17.6 Å². The molecular weight excluding hydrogens is 382 g/mol. The molecule has 1 heterocycles. The molecule has 154 valence electrons. The van der Waals surface area contributed by atoms with Gasteiger partial charge in [-0.3, -0.25) is 9.59 Å². The van der Waals surface area contributed by atoms with E-state index in [1.165, 1.54) is 20.3 Å². The number of piperidine rings is 1. The number of rotatable bonds is 5. The second kappa shape index (κ2) is 8.89. The Labute approximate surface area is 167 Å². The van der Waals surface area contributed by atoms with Crippen molar-refractivity contribution >= 4 is 17.5 Å². The number of anilines is 1. The summed E-state index contributed by atoms with van der Waals surface area (Å²) in [6, 6.07) is 8.34. The van der Waals surface area contributed by atoms with Crippen LogP contribution in [-0.4, -0.2) is 44.0 Å². The van der Waals surface area contributed by atoms with Gasteiger partial charge in [-0.1, -0.05) is 6.07 Å². The fraction of sp³-hybridized carbons (Fsp3) is 0.333. The Morgan fingerprint density at radius 1 is 1.00 bits per heavy atom. The van der Waals surface area contributed by atoms with Gasteiger partial charge in [0.1, 0.15) is 28.8 Å². The van der Waals surface area contributed by atoms with Gasteiger partial charge in [-0.25, -0.2) is 8.78 Å². The minimum atomic E-state index is -0.821. The highest BCUT2D eigenvalue weighted by molar-refractivity contribution is 5.96. The van der Waals surface area contributed by atoms with E-state index in [0.717, 1.165) is 12.1 Å². The van der Waals surface area contributed by atoms with Crippen molar-refractivity contribution in [3.05, 3.63) is 53.6 Å². The summed E-state index contributed by atoms with van der Waals surface area (Å²) < 4.78 is 37.8. The van der Waals surface area contributed by atoms with Crippen molar-refractivity contribution in [1.29, 1.82) is 0 Å².